The van der Waals surface area contributed by atoms with Gasteiger partial charge < -0.3 is 4.52 Å². The van der Waals surface area contributed by atoms with Crippen LogP contribution in [0.5, 0.6) is 0 Å². The van der Waals surface area contributed by atoms with E-state index in [4.69, 9.17) is 16.1 Å². The van der Waals surface area contributed by atoms with Crippen molar-refractivity contribution in [3.05, 3.63) is 76.7 Å². The number of pyridine rings is 1. The predicted octanol–water partition coefficient (Wildman–Crippen LogP) is 4.44. The van der Waals surface area contributed by atoms with Crippen molar-refractivity contribution in [2.75, 3.05) is 6.54 Å². The quantitative estimate of drug-likeness (QED) is 0.666. The second kappa shape index (κ2) is 7.98. The fourth-order valence-electron chi connectivity index (χ4n) is 3.50. The van der Waals surface area contributed by atoms with Crippen LogP contribution in [0.1, 0.15) is 48.3 Å². The van der Waals surface area contributed by atoms with Crippen LogP contribution < -0.4 is 0 Å². The second-order valence-electron chi connectivity index (χ2n) is 6.61. The maximum absolute atomic E-state index is 6.22. The zero-order valence-corrected chi connectivity index (χ0v) is 15.3. The molecule has 1 aromatic carbocycles. The first kappa shape index (κ1) is 17.2. The van der Waals surface area contributed by atoms with Crippen molar-refractivity contribution < 1.29 is 4.52 Å². The van der Waals surface area contributed by atoms with Crippen molar-refractivity contribution in [2.45, 2.75) is 38.3 Å². The molecule has 1 aliphatic heterocycles. The van der Waals surface area contributed by atoms with Gasteiger partial charge in [-0.2, -0.15) is 4.98 Å². The van der Waals surface area contributed by atoms with E-state index in [2.05, 4.69) is 26.1 Å². The molecule has 1 fully saturated rings. The number of aromatic nitrogens is 3. The summed E-state index contributed by atoms with van der Waals surface area (Å²) in [6.45, 7) is 1.67. The van der Waals surface area contributed by atoms with Crippen LogP contribution in [0.15, 0.2) is 53.2 Å². The third kappa shape index (κ3) is 3.94. The van der Waals surface area contributed by atoms with E-state index in [0.29, 0.717) is 30.7 Å². The van der Waals surface area contributed by atoms with Crippen LogP contribution in [0.3, 0.4) is 0 Å². The Kier molecular flexibility index (Phi) is 5.27. The second-order valence-corrected chi connectivity index (χ2v) is 7.02. The first-order chi connectivity index (χ1) is 12.8. The van der Waals surface area contributed by atoms with Crippen molar-refractivity contribution in [2.24, 2.45) is 0 Å². The lowest BCUT2D eigenvalue weighted by Gasteiger charge is -2.34. The molecule has 3 aromatic rings. The minimum absolute atomic E-state index is 0.309. The van der Waals surface area contributed by atoms with E-state index in [1.54, 1.807) is 0 Å². The summed E-state index contributed by atoms with van der Waals surface area (Å²) >= 11 is 6.22. The summed E-state index contributed by atoms with van der Waals surface area (Å²) in [4.78, 5) is 11.5. The number of halogens is 1. The van der Waals surface area contributed by atoms with Gasteiger partial charge in [0.25, 0.3) is 0 Å². The highest BCUT2D eigenvalue weighted by Crippen LogP contribution is 2.30. The lowest BCUT2D eigenvalue weighted by Crippen LogP contribution is -2.33. The molecule has 5 nitrogen and oxygen atoms in total. The van der Waals surface area contributed by atoms with Crippen molar-refractivity contribution in [3.8, 4) is 0 Å². The molecule has 0 radical (unpaired) electrons. The van der Waals surface area contributed by atoms with Crippen LogP contribution in [0.2, 0.25) is 5.02 Å². The Hall–Kier alpha value is -2.24. The molecule has 0 saturated carbocycles. The Morgan fingerprint density at radius 1 is 1.12 bits per heavy atom. The van der Waals surface area contributed by atoms with Crippen LogP contribution in [0, 0.1) is 0 Å². The third-order valence-corrected chi connectivity index (χ3v) is 5.17. The molecule has 0 amide bonds. The van der Waals surface area contributed by atoms with Gasteiger partial charge in [0, 0.05) is 17.6 Å². The van der Waals surface area contributed by atoms with Gasteiger partial charge in [-0.1, -0.05) is 47.4 Å². The van der Waals surface area contributed by atoms with Crippen molar-refractivity contribution in [1.82, 2.24) is 20.0 Å². The molecule has 1 aliphatic rings. The molecule has 134 valence electrons. The van der Waals surface area contributed by atoms with E-state index in [0.717, 1.165) is 29.2 Å². The molecule has 0 aliphatic carbocycles. The van der Waals surface area contributed by atoms with E-state index in [1.165, 1.54) is 12.8 Å². The summed E-state index contributed by atoms with van der Waals surface area (Å²) in [6.07, 6.45) is 5.95. The standard InChI is InChI=1S/C20H21ClN4O/c21-16-8-2-1-7-15(16)13-19-23-20(26-24-19)14-25-12-6-4-10-18(25)17-9-3-5-11-22-17/h1-3,5,7-9,11,18H,4,6,10,12-14H2/t18-/m1/s1. The first-order valence-electron chi connectivity index (χ1n) is 8.99. The zero-order valence-electron chi connectivity index (χ0n) is 14.5. The van der Waals surface area contributed by atoms with Crippen molar-refractivity contribution in [1.29, 1.82) is 0 Å². The number of likely N-dealkylation sites (tertiary alicyclic amines) is 1. The van der Waals surface area contributed by atoms with E-state index < -0.39 is 0 Å². The molecular weight excluding hydrogens is 348 g/mol. The first-order valence-corrected chi connectivity index (χ1v) is 9.37. The molecule has 0 bridgehead atoms. The number of hydrogen-bond donors (Lipinski definition) is 0. The Morgan fingerprint density at radius 2 is 2.00 bits per heavy atom. The number of piperidine rings is 1. The fraction of sp³-hybridized carbons (Fsp3) is 0.350. The summed E-state index contributed by atoms with van der Waals surface area (Å²) in [5.41, 5.74) is 2.12. The molecule has 26 heavy (non-hydrogen) atoms. The fourth-order valence-corrected chi connectivity index (χ4v) is 3.70. The number of hydrogen-bond acceptors (Lipinski definition) is 5. The minimum atomic E-state index is 0.309. The summed E-state index contributed by atoms with van der Waals surface area (Å²) in [7, 11) is 0. The van der Waals surface area contributed by atoms with Gasteiger partial charge in [0.1, 0.15) is 0 Å². The Balaban J connectivity index is 1.46. The van der Waals surface area contributed by atoms with Gasteiger partial charge in [0.2, 0.25) is 5.89 Å². The maximum Gasteiger partial charge on any atom is 0.240 e. The van der Waals surface area contributed by atoms with E-state index in [-0.39, 0.29) is 0 Å². The molecule has 6 heteroatoms. The highest BCUT2D eigenvalue weighted by Gasteiger charge is 2.26. The molecule has 0 spiro atoms. The SMILES string of the molecule is Clc1ccccc1Cc1noc(CN2CCCC[C@@H]2c2ccccn2)n1. The van der Waals surface area contributed by atoms with E-state index >= 15 is 0 Å². The van der Waals surface area contributed by atoms with E-state index in [1.807, 2.05) is 42.6 Å². The van der Waals surface area contributed by atoms with E-state index in [9.17, 15) is 0 Å². The molecule has 1 atom stereocenters. The van der Waals surface area contributed by atoms with Gasteiger partial charge in [-0.25, -0.2) is 0 Å². The van der Waals surface area contributed by atoms with Crippen LogP contribution in [-0.4, -0.2) is 26.6 Å². The topological polar surface area (TPSA) is 55.1 Å². The summed E-state index contributed by atoms with van der Waals surface area (Å²) in [6, 6.07) is 14.2. The Labute approximate surface area is 158 Å². The average Bonchev–Trinajstić information content (AvgIpc) is 3.12. The van der Waals surface area contributed by atoms with Gasteiger partial charge in [-0.3, -0.25) is 9.88 Å². The van der Waals surface area contributed by atoms with Crippen LogP contribution in [0.4, 0.5) is 0 Å². The lowest BCUT2D eigenvalue weighted by atomic mass is 9.99. The highest BCUT2D eigenvalue weighted by molar-refractivity contribution is 6.31. The van der Waals surface area contributed by atoms with Crippen molar-refractivity contribution in [3.63, 3.8) is 0 Å². The molecule has 2 aromatic heterocycles. The van der Waals surface area contributed by atoms with Crippen molar-refractivity contribution >= 4 is 11.6 Å². The van der Waals surface area contributed by atoms with Gasteiger partial charge >= 0.3 is 0 Å². The lowest BCUT2D eigenvalue weighted by molar-refractivity contribution is 0.121. The van der Waals surface area contributed by atoms with Gasteiger partial charge in [0.05, 0.1) is 18.3 Å². The number of rotatable bonds is 5. The minimum Gasteiger partial charge on any atom is -0.338 e. The maximum atomic E-state index is 6.22. The van der Waals surface area contributed by atoms with Crippen LogP contribution >= 0.6 is 11.6 Å². The predicted molar refractivity (Wildman–Crippen MR) is 99.8 cm³/mol. The zero-order chi connectivity index (χ0) is 17.8. The monoisotopic (exact) mass is 368 g/mol. The summed E-state index contributed by atoms with van der Waals surface area (Å²) in [5, 5.41) is 4.86. The average molecular weight is 369 g/mol. The number of nitrogens with zero attached hydrogens (tertiary/aromatic N) is 4. The Morgan fingerprint density at radius 3 is 2.85 bits per heavy atom. The van der Waals surface area contributed by atoms with Crippen LogP contribution in [-0.2, 0) is 13.0 Å². The number of benzene rings is 1. The molecule has 0 unspecified atom stereocenters. The summed E-state index contributed by atoms with van der Waals surface area (Å²) in [5.74, 6) is 1.31. The summed E-state index contributed by atoms with van der Waals surface area (Å²) < 4.78 is 5.50. The third-order valence-electron chi connectivity index (χ3n) is 4.80. The largest absolute Gasteiger partial charge is 0.338 e. The Bertz CT molecular complexity index is 852. The smallest absolute Gasteiger partial charge is 0.240 e. The molecular formula is C20H21ClN4O. The van der Waals surface area contributed by atoms with Gasteiger partial charge in [-0.15, -0.1) is 0 Å². The normalized spacial score (nSPS) is 18.1. The highest BCUT2D eigenvalue weighted by atomic mass is 35.5. The molecule has 1 saturated heterocycles. The molecule has 0 N–H and O–H groups in total. The van der Waals surface area contributed by atoms with Gasteiger partial charge in [0.15, 0.2) is 5.82 Å². The molecule has 4 rings (SSSR count). The van der Waals surface area contributed by atoms with Crippen LogP contribution in [0.25, 0.3) is 0 Å². The van der Waals surface area contributed by atoms with Gasteiger partial charge in [-0.05, 0) is 43.1 Å². The molecule has 3 heterocycles.